The van der Waals surface area contributed by atoms with Crippen LogP contribution in [-0.2, 0) is 14.4 Å². The molecule has 5 N–H and O–H groups in total. The van der Waals surface area contributed by atoms with Crippen LogP contribution in [-0.4, -0.2) is 57.5 Å². The lowest BCUT2D eigenvalue weighted by Crippen LogP contribution is -2.27. The number of aliphatic hydroxyl groups is 3. The van der Waals surface area contributed by atoms with E-state index in [1.165, 1.54) is 0 Å². The third-order valence-electron chi connectivity index (χ3n) is 4.35. The molecule has 0 fully saturated rings. The van der Waals surface area contributed by atoms with Crippen molar-refractivity contribution in [1.82, 2.24) is 0 Å². The Balaban J connectivity index is -0.000000366. The Morgan fingerprint density at radius 3 is 1.23 bits per heavy atom. The van der Waals surface area contributed by atoms with Crippen LogP contribution in [0.25, 0.3) is 0 Å². The van der Waals surface area contributed by atoms with Crippen molar-refractivity contribution in [2.24, 2.45) is 23.5 Å². The number of rotatable bonds is 12. The summed E-state index contributed by atoms with van der Waals surface area (Å²) in [6, 6.07) is 0. The molecule has 0 amide bonds. The Labute approximate surface area is 183 Å². The van der Waals surface area contributed by atoms with Gasteiger partial charge in [0.25, 0.3) is 0 Å². The molecular formula is C23H47NO6. The highest BCUT2D eigenvalue weighted by molar-refractivity contribution is 5.85. The molecule has 0 saturated heterocycles. The normalized spacial score (nSPS) is 13.7. The fraction of sp³-hybridized carbons (Fsp3) is 0.870. The molecule has 3 unspecified atom stereocenters. The molecule has 7 nitrogen and oxygen atoms in total. The monoisotopic (exact) mass is 433 g/mol. The number of hydrogen-bond acceptors (Lipinski definition) is 7. The minimum Gasteiger partial charge on any atom is -0.385 e. The maximum absolute atomic E-state index is 11.1. The van der Waals surface area contributed by atoms with Gasteiger partial charge in [-0.15, -0.1) is 0 Å². The predicted molar refractivity (Wildman–Crippen MR) is 121 cm³/mol. The summed E-state index contributed by atoms with van der Waals surface area (Å²) in [5, 5.41) is 27.3. The van der Waals surface area contributed by atoms with Crippen molar-refractivity contribution in [1.29, 1.82) is 0 Å². The molecule has 0 aliphatic heterocycles. The van der Waals surface area contributed by atoms with E-state index in [9.17, 15) is 19.5 Å². The average molecular weight is 434 g/mol. The van der Waals surface area contributed by atoms with Gasteiger partial charge in [-0.3, -0.25) is 14.4 Å². The molecule has 0 spiro atoms. The summed E-state index contributed by atoms with van der Waals surface area (Å²) in [5.74, 6) is -0.384. The summed E-state index contributed by atoms with van der Waals surface area (Å²) < 4.78 is 0. The van der Waals surface area contributed by atoms with Gasteiger partial charge in [-0.05, 0) is 25.8 Å². The first kappa shape index (κ1) is 33.5. The zero-order valence-corrected chi connectivity index (χ0v) is 20.4. The number of nitrogens with two attached hydrogens (primary N) is 1. The van der Waals surface area contributed by atoms with Crippen molar-refractivity contribution >= 4 is 17.3 Å². The molecule has 0 heterocycles. The van der Waals surface area contributed by atoms with E-state index in [1.54, 1.807) is 34.6 Å². The molecule has 7 heteroatoms. The van der Waals surface area contributed by atoms with Gasteiger partial charge in [0.1, 0.15) is 18.3 Å². The molecule has 3 atom stereocenters. The number of carbonyl (C=O) groups is 3. The maximum atomic E-state index is 11.1. The van der Waals surface area contributed by atoms with E-state index in [2.05, 4.69) is 0 Å². The zero-order chi connectivity index (χ0) is 24.4. The van der Waals surface area contributed by atoms with Crippen LogP contribution in [0.5, 0.6) is 0 Å². The van der Waals surface area contributed by atoms with Crippen molar-refractivity contribution < 1.29 is 29.7 Å². The van der Waals surface area contributed by atoms with Gasteiger partial charge in [-0.1, -0.05) is 68.2 Å². The molecule has 0 aromatic rings. The van der Waals surface area contributed by atoms with Gasteiger partial charge in [-0.25, -0.2) is 0 Å². The molecule has 30 heavy (non-hydrogen) atoms. The average Bonchev–Trinajstić information content (AvgIpc) is 2.70. The molecule has 0 saturated carbocycles. The van der Waals surface area contributed by atoms with E-state index in [0.29, 0.717) is 25.8 Å². The largest absolute Gasteiger partial charge is 0.385 e. The van der Waals surface area contributed by atoms with Crippen LogP contribution in [0.3, 0.4) is 0 Å². The molecule has 0 aromatic carbocycles. The van der Waals surface area contributed by atoms with Gasteiger partial charge in [0.15, 0.2) is 17.3 Å². The van der Waals surface area contributed by atoms with Crippen LogP contribution < -0.4 is 5.73 Å². The van der Waals surface area contributed by atoms with Gasteiger partial charge in [0.2, 0.25) is 0 Å². The van der Waals surface area contributed by atoms with Gasteiger partial charge >= 0.3 is 0 Å². The van der Waals surface area contributed by atoms with E-state index >= 15 is 0 Å². The topological polar surface area (TPSA) is 138 Å². The first-order valence-corrected chi connectivity index (χ1v) is 11.1. The lowest BCUT2D eigenvalue weighted by atomic mass is 10.0. The van der Waals surface area contributed by atoms with Gasteiger partial charge in [0, 0.05) is 17.8 Å². The second kappa shape index (κ2) is 19.8. The molecule has 0 radical (unpaired) electrons. The summed E-state index contributed by atoms with van der Waals surface area (Å²) in [6.07, 6.45) is 1.15. The molecule has 0 bridgehead atoms. The van der Waals surface area contributed by atoms with Crippen LogP contribution in [0.1, 0.15) is 87.5 Å². The van der Waals surface area contributed by atoms with Crippen molar-refractivity contribution in [2.75, 3.05) is 6.54 Å². The van der Waals surface area contributed by atoms with Crippen molar-refractivity contribution in [3.05, 3.63) is 0 Å². The maximum Gasteiger partial charge on any atom is 0.163 e. The molecule has 0 aliphatic rings. The highest BCUT2D eigenvalue weighted by atomic mass is 16.3. The second-order valence-electron chi connectivity index (χ2n) is 8.35. The summed E-state index contributed by atoms with van der Waals surface area (Å²) in [4.78, 5) is 32.8. The number of aliphatic hydroxyl groups excluding tert-OH is 3. The fourth-order valence-corrected chi connectivity index (χ4v) is 2.20. The first-order chi connectivity index (χ1) is 13.8. The van der Waals surface area contributed by atoms with E-state index in [4.69, 9.17) is 15.9 Å². The Morgan fingerprint density at radius 2 is 1.00 bits per heavy atom. The van der Waals surface area contributed by atoms with Crippen molar-refractivity contribution in [3.63, 3.8) is 0 Å². The first-order valence-electron chi connectivity index (χ1n) is 11.1. The van der Waals surface area contributed by atoms with E-state index in [-0.39, 0.29) is 35.1 Å². The Hall–Kier alpha value is -1.15. The van der Waals surface area contributed by atoms with Gasteiger partial charge < -0.3 is 21.1 Å². The molecule has 0 aliphatic carbocycles. The Morgan fingerprint density at radius 1 is 0.667 bits per heavy atom. The summed E-state index contributed by atoms with van der Waals surface area (Å²) in [6.45, 7) is 15.0. The van der Waals surface area contributed by atoms with E-state index in [0.717, 1.165) is 12.8 Å². The molecular weight excluding hydrogens is 386 g/mol. The SMILES string of the molecule is CC(C)C(=O)C(O)CCN.CCC(O)C(=O)C(C)C.CCCCC(O)C(=O)C(C)C. The van der Waals surface area contributed by atoms with Crippen molar-refractivity contribution in [3.8, 4) is 0 Å². The summed E-state index contributed by atoms with van der Waals surface area (Å²) in [5.41, 5.74) is 5.16. The number of Topliss-reactive ketones (excluding diaryl/α,β-unsaturated/α-hetero) is 3. The Bertz CT molecular complexity index is 463. The fourth-order valence-electron chi connectivity index (χ4n) is 2.20. The minimum atomic E-state index is -0.856. The third-order valence-corrected chi connectivity index (χ3v) is 4.35. The van der Waals surface area contributed by atoms with Crippen LogP contribution in [0.15, 0.2) is 0 Å². The lowest BCUT2D eigenvalue weighted by molar-refractivity contribution is -0.131. The van der Waals surface area contributed by atoms with Crippen molar-refractivity contribution in [2.45, 2.75) is 106 Å². The summed E-state index contributed by atoms with van der Waals surface area (Å²) >= 11 is 0. The number of carbonyl (C=O) groups excluding carboxylic acids is 3. The third kappa shape index (κ3) is 17.7. The van der Waals surface area contributed by atoms with Crippen LogP contribution in [0.4, 0.5) is 0 Å². The molecule has 0 rings (SSSR count). The number of unbranched alkanes of at least 4 members (excludes halogenated alkanes) is 1. The van der Waals surface area contributed by atoms with Gasteiger partial charge in [0.05, 0.1) is 0 Å². The van der Waals surface area contributed by atoms with Crippen LogP contribution in [0, 0.1) is 17.8 Å². The number of hydrogen-bond donors (Lipinski definition) is 4. The van der Waals surface area contributed by atoms with E-state index in [1.807, 2.05) is 20.8 Å². The van der Waals surface area contributed by atoms with Crippen LogP contribution >= 0.6 is 0 Å². The van der Waals surface area contributed by atoms with Crippen LogP contribution in [0.2, 0.25) is 0 Å². The molecule has 0 aromatic heterocycles. The predicted octanol–water partition coefficient (Wildman–Crippen LogP) is 2.67. The Kier molecular flexibility index (Phi) is 22.1. The quantitative estimate of drug-likeness (QED) is 0.371. The standard InChI is InChI=1S/C9H18O2.C7H15NO2.C7H14O2/c1-4-5-6-8(10)9(11)7(2)3;1-5(2)7(10)6(9)3-4-8;1-4-6(8)7(9)5(2)3/h7-8,10H,4-6H2,1-3H3;5-6,9H,3-4,8H2,1-2H3;5-6,8H,4H2,1-3H3. The second-order valence-corrected chi connectivity index (χ2v) is 8.35. The smallest absolute Gasteiger partial charge is 0.163 e. The highest BCUT2D eigenvalue weighted by Gasteiger charge is 2.17. The highest BCUT2D eigenvalue weighted by Crippen LogP contribution is 2.06. The van der Waals surface area contributed by atoms with E-state index < -0.39 is 18.3 Å². The summed E-state index contributed by atoms with van der Waals surface area (Å²) in [7, 11) is 0. The molecule has 180 valence electrons. The number of ketones is 3. The zero-order valence-electron chi connectivity index (χ0n) is 20.4. The van der Waals surface area contributed by atoms with Gasteiger partial charge in [-0.2, -0.15) is 0 Å². The minimum absolute atomic E-state index is 0.0292. The lowest BCUT2D eigenvalue weighted by Gasteiger charge is -2.10.